The van der Waals surface area contributed by atoms with Crippen molar-refractivity contribution < 1.29 is 19.2 Å². The highest BCUT2D eigenvalue weighted by Gasteiger charge is 2.12. The minimum Gasteiger partial charge on any atom is -0.495 e. The van der Waals surface area contributed by atoms with Crippen LogP contribution >= 0.6 is 11.3 Å². The molecule has 2 aromatic carbocycles. The van der Waals surface area contributed by atoms with Crippen LogP contribution in [0, 0.1) is 10.1 Å². The van der Waals surface area contributed by atoms with Crippen molar-refractivity contribution in [2.75, 3.05) is 20.3 Å². The third-order valence-electron chi connectivity index (χ3n) is 4.28. The molecule has 0 aliphatic carbocycles. The predicted octanol–water partition coefficient (Wildman–Crippen LogP) is 3.80. The van der Waals surface area contributed by atoms with E-state index < -0.39 is 10.8 Å². The first-order valence-corrected chi connectivity index (χ1v) is 10.1. The first kappa shape index (κ1) is 21.4. The fourth-order valence-corrected chi connectivity index (χ4v) is 3.94. The fourth-order valence-electron chi connectivity index (χ4n) is 2.86. The zero-order valence-electron chi connectivity index (χ0n) is 16.6. The number of carbonyl (C=O) groups excluding carboxylic acids is 1. The second-order valence-electron chi connectivity index (χ2n) is 6.17. The van der Waals surface area contributed by atoms with Crippen molar-refractivity contribution in [1.29, 1.82) is 0 Å². The maximum atomic E-state index is 12.4. The zero-order valence-corrected chi connectivity index (χ0v) is 17.4. The van der Waals surface area contributed by atoms with Crippen molar-refractivity contribution in [3.05, 3.63) is 69.0 Å². The molecule has 1 heterocycles. The third-order valence-corrected chi connectivity index (χ3v) is 5.32. The molecule has 0 bridgehead atoms. The summed E-state index contributed by atoms with van der Waals surface area (Å²) in [4.78, 5) is 27.5. The molecule has 9 heteroatoms. The van der Waals surface area contributed by atoms with Gasteiger partial charge in [-0.2, -0.15) is 4.99 Å². The summed E-state index contributed by atoms with van der Waals surface area (Å²) in [7, 11) is 1.61. The van der Waals surface area contributed by atoms with Crippen molar-refractivity contribution in [2.45, 2.75) is 13.5 Å². The number of methoxy groups -OCH3 is 1. The molecule has 156 valence electrons. The molecule has 1 amide bonds. The Hall–Kier alpha value is -3.30. The first-order chi connectivity index (χ1) is 14.5. The van der Waals surface area contributed by atoms with Crippen molar-refractivity contribution in [3.8, 4) is 5.75 Å². The number of amides is 1. The second kappa shape index (κ2) is 9.95. The standard InChI is InChI=1S/C21H21N3O5S/c1-3-29-14-13-23-20-17(28-2)5-4-6-18(20)30-21(23)22-19(25)12-9-15-7-10-16(11-8-15)24(26)27/h4-12H,3,13-14H2,1-2H3/b12-9+,22-21?. The number of ether oxygens (including phenoxy) is 2. The monoisotopic (exact) mass is 427 g/mol. The van der Waals surface area contributed by atoms with Crippen molar-refractivity contribution >= 4 is 39.2 Å². The predicted molar refractivity (Wildman–Crippen MR) is 116 cm³/mol. The van der Waals surface area contributed by atoms with E-state index in [0.717, 1.165) is 10.2 Å². The van der Waals surface area contributed by atoms with Gasteiger partial charge in [0.2, 0.25) is 0 Å². The Morgan fingerprint density at radius 1 is 1.27 bits per heavy atom. The normalized spacial score (nSPS) is 12.0. The van der Waals surface area contributed by atoms with Gasteiger partial charge in [0.05, 0.1) is 23.3 Å². The maximum Gasteiger partial charge on any atom is 0.272 e. The highest BCUT2D eigenvalue weighted by molar-refractivity contribution is 7.16. The van der Waals surface area contributed by atoms with Crippen LogP contribution in [0.15, 0.2) is 53.5 Å². The molecule has 0 fully saturated rings. The molecule has 0 N–H and O–H groups in total. The van der Waals surface area contributed by atoms with E-state index in [1.54, 1.807) is 25.3 Å². The number of nitro groups is 1. The average molecular weight is 427 g/mol. The summed E-state index contributed by atoms with van der Waals surface area (Å²) in [5.74, 6) is 0.277. The number of nitro benzene ring substituents is 1. The lowest BCUT2D eigenvalue weighted by Gasteiger charge is -2.08. The van der Waals surface area contributed by atoms with Crippen molar-refractivity contribution in [3.63, 3.8) is 0 Å². The van der Waals surface area contributed by atoms with Gasteiger partial charge in [0.25, 0.3) is 11.6 Å². The van der Waals surface area contributed by atoms with Gasteiger partial charge < -0.3 is 14.0 Å². The van der Waals surface area contributed by atoms with Crippen LogP contribution in [-0.4, -0.2) is 35.7 Å². The molecule has 30 heavy (non-hydrogen) atoms. The Morgan fingerprint density at radius 3 is 2.70 bits per heavy atom. The number of nitrogens with zero attached hydrogens (tertiary/aromatic N) is 3. The Morgan fingerprint density at radius 2 is 2.03 bits per heavy atom. The van der Waals surface area contributed by atoms with E-state index in [-0.39, 0.29) is 5.69 Å². The number of rotatable bonds is 8. The number of hydrogen-bond donors (Lipinski definition) is 0. The van der Waals surface area contributed by atoms with Crippen LogP contribution in [0.2, 0.25) is 0 Å². The topological polar surface area (TPSA) is 96.0 Å². The largest absolute Gasteiger partial charge is 0.495 e. The van der Waals surface area contributed by atoms with Gasteiger partial charge in [-0.05, 0) is 42.8 Å². The van der Waals surface area contributed by atoms with Crippen LogP contribution in [0.5, 0.6) is 5.75 Å². The van der Waals surface area contributed by atoms with Crippen molar-refractivity contribution in [1.82, 2.24) is 4.57 Å². The van der Waals surface area contributed by atoms with Gasteiger partial charge in [-0.3, -0.25) is 14.9 Å². The number of para-hydroxylation sites is 1. The summed E-state index contributed by atoms with van der Waals surface area (Å²) in [5.41, 5.74) is 1.54. The van der Waals surface area contributed by atoms with Gasteiger partial charge >= 0.3 is 0 Å². The molecule has 0 atom stereocenters. The number of thiazole rings is 1. The molecule has 0 aliphatic rings. The summed E-state index contributed by atoms with van der Waals surface area (Å²) in [6.07, 6.45) is 2.92. The quantitative estimate of drug-likeness (QED) is 0.236. The van der Waals surface area contributed by atoms with E-state index in [1.165, 1.54) is 29.5 Å². The Labute approximate surface area is 176 Å². The number of benzene rings is 2. The SMILES string of the molecule is CCOCCn1c(=NC(=O)/C=C/c2ccc([N+](=O)[O-])cc2)sc2cccc(OC)c21. The Balaban J connectivity index is 1.92. The van der Waals surface area contributed by atoms with E-state index in [0.29, 0.717) is 35.9 Å². The number of carbonyl (C=O) groups is 1. The van der Waals surface area contributed by atoms with Crippen LogP contribution in [0.1, 0.15) is 12.5 Å². The van der Waals surface area contributed by atoms with Crippen LogP contribution in [0.25, 0.3) is 16.3 Å². The molecule has 0 saturated heterocycles. The minimum atomic E-state index is -0.468. The average Bonchev–Trinajstić information content (AvgIpc) is 3.10. The zero-order chi connectivity index (χ0) is 21.5. The number of non-ortho nitro benzene ring substituents is 1. The highest BCUT2D eigenvalue weighted by Crippen LogP contribution is 2.27. The summed E-state index contributed by atoms with van der Waals surface area (Å²) < 4.78 is 13.8. The van der Waals surface area contributed by atoms with Gasteiger partial charge in [-0.25, -0.2) is 0 Å². The Bertz CT molecular complexity index is 1150. The molecule has 1 aromatic heterocycles. The molecule has 0 radical (unpaired) electrons. The van der Waals surface area contributed by atoms with E-state index in [1.807, 2.05) is 29.7 Å². The van der Waals surface area contributed by atoms with E-state index in [4.69, 9.17) is 9.47 Å². The third kappa shape index (κ3) is 5.00. The van der Waals surface area contributed by atoms with Crippen LogP contribution in [-0.2, 0) is 16.1 Å². The second-order valence-corrected chi connectivity index (χ2v) is 7.18. The summed E-state index contributed by atoms with van der Waals surface area (Å²) in [6, 6.07) is 11.7. The van der Waals surface area contributed by atoms with Crippen LogP contribution in [0.3, 0.4) is 0 Å². The minimum absolute atomic E-state index is 0.00210. The van der Waals surface area contributed by atoms with Gasteiger partial charge in [0.1, 0.15) is 11.3 Å². The van der Waals surface area contributed by atoms with Gasteiger partial charge in [0, 0.05) is 31.4 Å². The number of hydrogen-bond acceptors (Lipinski definition) is 6. The smallest absolute Gasteiger partial charge is 0.272 e. The van der Waals surface area contributed by atoms with Gasteiger partial charge in [-0.15, -0.1) is 0 Å². The van der Waals surface area contributed by atoms with E-state index >= 15 is 0 Å². The molecule has 0 spiro atoms. The lowest BCUT2D eigenvalue weighted by atomic mass is 10.2. The molecule has 3 rings (SSSR count). The molecule has 0 unspecified atom stereocenters. The highest BCUT2D eigenvalue weighted by atomic mass is 32.1. The maximum absolute atomic E-state index is 12.4. The molecule has 3 aromatic rings. The molecule has 0 saturated carbocycles. The first-order valence-electron chi connectivity index (χ1n) is 9.28. The number of fused-ring (bicyclic) bond motifs is 1. The number of aromatic nitrogens is 1. The summed E-state index contributed by atoms with van der Waals surface area (Å²) in [6.45, 7) is 3.55. The Kier molecular flexibility index (Phi) is 7.10. The van der Waals surface area contributed by atoms with Crippen LogP contribution < -0.4 is 9.54 Å². The molecular formula is C21H21N3O5S. The summed E-state index contributed by atoms with van der Waals surface area (Å²) in [5, 5.41) is 10.7. The van der Waals surface area contributed by atoms with E-state index in [9.17, 15) is 14.9 Å². The molecular weight excluding hydrogens is 406 g/mol. The van der Waals surface area contributed by atoms with Gasteiger partial charge in [-0.1, -0.05) is 17.4 Å². The lowest BCUT2D eigenvalue weighted by molar-refractivity contribution is -0.384. The fraction of sp³-hybridized carbons (Fsp3) is 0.238. The molecule has 0 aliphatic heterocycles. The van der Waals surface area contributed by atoms with Crippen LogP contribution in [0.4, 0.5) is 5.69 Å². The molecule has 8 nitrogen and oxygen atoms in total. The van der Waals surface area contributed by atoms with E-state index in [2.05, 4.69) is 4.99 Å². The lowest BCUT2D eigenvalue weighted by Crippen LogP contribution is -2.19. The van der Waals surface area contributed by atoms with Crippen molar-refractivity contribution in [2.24, 2.45) is 4.99 Å². The van der Waals surface area contributed by atoms with Gasteiger partial charge in [0.15, 0.2) is 4.80 Å². The summed E-state index contributed by atoms with van der Waals surface area (Å²) >= 11 is 1.40.